The van der Waals surface area contributed by atoms with Crippen molar-refractivity contribution in [3.63, 3.8) is 0 Å². The molecule has 0 heterocycles. The topological polar surface area (TPSA) is 26.3 Å². The zero-order chi connectivity index (χ0) is 21.9. The minimum absolute atomic E-state index is 0.00709. The van der Waals surface area contributed by atoms with E-state index in [0.29, 0.717) is 5.92 Å². The molecule has 0 aromatic heterocycles. The van der Waals surface area contributed by atoms with Gasteiger partial charge in [-0.05, 0) is 86.8 Å². The standard InChI is InChI=1S/C29H46O2/c1-3-5-7-9-23-11-15-25(16-12-23)26-19-21-28(22-20-26)31-29(30)27-17-13-24(14-18-27)10-8-6-4-2/h19-25,27H,3-18H2,1-2H3. The normalized spacial score (nSPS) is 26.5. The summed E-state index contributed by atoms with van der Waals surface area (Å²) < 4.78 is 5.76. The molecule has 0 radical (unpaired) electrons. The summed E-state index contributed by atoms with van der Waals surface area (Å²) in [4.78, 5) is 12.6. The van der Waals surface area contributed by atoms with E-state index in [4.69, 9.17) is 4.74 Å². The number of ether oxygens (including phenoxy) is 1. The van der Waals surface area contributed by atoms with Crippen LogP contribution in [0.25, 0.3) is 0 Å². The first-order valence-corrected chi connectivity index (χ1v) is 13.5. The highest BCUT2D eigenvalue weighted by Gasteiger charge is 2.28. The van der Waals surface area contributed by atoms with Gasteiger partial charge >= 0.3 is 5.97 Å². The summed E-state index contributed by atoms with van der Waals surface area (Å²) in [6.07, 6.45) is 20.7. The number of unbranched alkanes of at least 4 members (excludes halogenated alkanes) is 4. The minimum atomic E-state index is -0.00709. The van der Waals surface area contributed by atoms with E-state index in [0.717, 1.165) is 30.4 Å². The van der Waals surface area contributed by atoms with Crippen LogP contribution in [-0.4, -0.2) is 5.97 Å². The average molecular weight is 427 g/mol. The summed E-state index contributed by atoms with van der Waals surface area (Å²) in [5.74, 6) is 3.29. The van der Waals surface area contributed by atoms with Crippen molar-refractivity contribution < 1.29 is 9.53 Å². The van der Waals surface area contributed by atoms with Gasteiger partial charge in [0.15, 0.2) is 0 Å². The second-order valence-corrected chi connectivity index (χ2v) is 10.4. The van der Waals surface area contributed by atoms with E-state index < -0.39 is 0 Å². The Bertz CT molecular complexity index is 619. The number of carbonyl (C=O) groups is 1. The van der Waals surface area contributed by atoms with Gasteiger partial charge in [-0.2, -0.15) is 0 Å². The number of rotatable bonds is 11. The van der Waals surface area contributed by atoms with Crippen molar-refractivity contribution in [1.29, 1.82) is 0 Å². The van der Waals surface area contributed by atoms with Gasteiger partial charge in [0.25, 0.3) is 0 Å². The lowest BCUT2D eigenvalue weighted by Crippen LogP contribution is -2.25. The Morgan fingerprint density at radius 1 is 0.742 bits per heavy atom. The number of hydrogen-bond acceptors (Lipinski definition) is 2. The van der Waals surface area contributed by atoms with Crippen molar-refractivity contribution in [3.8, 4) is 5.75 Å². The Morgan fingerprint density at radius 3 is 1.77 bits per heavy atom. The van der Waals surface area contributed by atoms with Crippen molar-refractivity contribution in [3.05, 3.63) is 29.8 Å². The molecule has 2 heteroatoms. The second-order valence-electron chi connectivity index (χ2n) is 10.4. The van der Waals surface area contributed by atoms with Crippen LogP contribution in [0.15, 0.2) is 24.3 Å². The zero-order valence-electron chi connectivity index (χ0n) is 20.2. The van der Waals surface area contributed by atoms with Gasteiger partial charge in [0.1, 0.15) is 5.75 Å². The molecule has 2 saturated carbocycles. The van der Waals surface area contributed by atoms with E-state index in [1.165, 1.54) is 95.5 Å². The van der Waals surface area contributed by atoms with Gasteiger partial charge in [-0.1, -0.05) is 77.3 Å². The molecule has 174 valence electrons. The molecule has 1 aromatic carbocycles. The van der Waals surface area contributed by atoms with Crippen LogP contribution in [0.2, 0.25) is 0 Å². The summed E-state index contributed by atoms with van der Waals surface area (Å²) >= 11 is 0. The summed E-state index contributed by atoms with van der Waals surface area (Å²) in [7, 11) is 0. The Morgan fingerprint density at radius 2 is 1.26 bits per heavy atom. The van der Waals surface area contributed by atoms with E-state index in [-0.39, 0.29) is 11.9 Å². The van der Waals surface area contributed by atoms with E-state index in [9.17, 15) is 4.79 Å². The highest BCUT2D eigenvalue weighted by atomic mass is 16.5. The highest BCUT2D eigenvalue weighted by Crippen LogP contribution is 2.38. The first kappa shape index (κ1) is 24.3. The van der Waals surface area contributed by atoms with Crippen LogP contribution in [0.1, 0.15) is 128 Å². The van der Waals surface area contributed by atoms with Crippen LogP contribution in [0.3, 0.4) is 0 Å². The van der Waals surface area contributed by atoms with E-state index in [2.05, 4.69) is 26.0 Å². The molecule has 0 bridgehead atoms. The third kappa shape index (κ3) is 7.95. The van der Waals surface area contributed by atoms with E-state index >= 15 is 0 Å². The molecule has 31 heavy (non-hydrogen) atoms. The zero-order valence-corrected chi connectivity index (χ0v) is 20.2. The van der Waals surface area contributed by atoms with Crippen molar-refractivity contribution in [2.75, 3.05) is 0 Å². The molecule has 2 aliphatic rings. The molecule has 0 saturated heterocycles. The van der Waals surface area contributed by atoms with Crippen molar-refractivity contribution in [2.24, 2.45) is 17.8 Å². The SMILES string of the molecule is CCCCCC1CCC(C(=O)Oc2ccc(C3CCC(CCCCC)CC3)cc2)CC1. The Labute approximate surface area is 191 Å². The first-order valence-electron chi connectivity index (χ1n) is 13.5. The lowest BCUT2D eigenvalue weighted by Gasteiger charge is -2.29. The fraction of sp³-hybridized carbons (Fsp3) is 0.759. The lowest BCUT2D eigenvalue weighted by atomic mass is 9.77. The molecule has 0 N–H and O–H groups in total. The maximum absolute atomic E-state index is 12.6. The number of esters is 1. The second kappa shape index (κ2) is 13.3. The molecule has 1 aromatic rings. The molecule has 3 rings (SSSR count). The summed E-state index contributed by atoms with van der Waals surface area (Å²) in [5.41, 5.74) is 1.43. The smallest absolute Gasteiger partial charge is 0.314 e. The Hall–Kier alpha value is -1.31. The number of hydrogen-bond donors (Lipinski definition) is 0. The van der Waals surface area contributed by atoms with Gasteiger partial charge in [-0.3, -0.25) is 4.79 Å². The van der Waals surface area contributed by atoms with Crippen LogP contribution in [0.4, 0.5) is 0 Å². The molecule has 0 spiro atoms. The third-order valence-corrected chi connectivity index (χ3v) is 8.03. The lowest BCUT2D eigenvalue weighted by molar-refractivity contribution is -0.140. The quantitative estimate of drug-likeness (QED) is 0.201. The van der Waals surface area contributed by atoms with Gasteiger partial charge in [-0.15, -0.1) is 0 Å². The predicted molar refractivity (Wildman–Crippen MR) is 131 cm³/mol. The van der Waals surface area contributed by atoms with Crippen molar-refractivity contribution >= 4 is 5.97 Å². The molecule has 2 nitrogen and oxygen atoms in total. The summed E-state index contributed by atoms with van der Waals surface area (Å²) in [6, 6.07) is 8.46. The van der Waals surface area contributed by atoms with Gasteiger partial charge in [0.05, 0.1) is 5.92 Å². The van der Waals surface area contributed by atoms with Crippen LogP contribution < -0.4 is 4.74 Å². The minimum Gasteiger partial charge on any atom is -0.426 e. The maximum atomic E-state index is 12.6. The average Bonchev–Trinajstić information content (AvgIpc) is 2.81. The predicted octanol–water partition coefficient (Wildman–Crippen LogP) is 8.83. The van der Waals surface area contributed by atoms with Gasteiger partial charge in [0, 0.05) is 0 Å². The molecule has 0 aliphatic heterocycles. The summed E-state index contributed by atoms with van der Waals surface area (Å²) in [6.45, 7) is 4.55. The molecule has 0 unspecified atom stereocenters. The molecular weight excluding hydrogens is 380 g/mol. The van der Waals surface area contributed by atoms with Gasteiger partial charge < -0.3 is 4.74 Å². The molecule has 0 atom stereocenters. The molecule has 2 fully saturated rings. The van der Waals surface area contributed by atoms with E-state index in [1.54, 1.807) is 0 Å². The summed E-state index contributed by atoms with van der Waals surface area (Å²) in [5, 5.41) is 0. The van der Waals surface area contributed by atoms with Crippen molar-refractivity contribution in [1.82, 2.24) is 0 Å². The first-order chi connectivity index (χ1) is 15.2. The maximum Gasteiger partial charge on any atom is 0.314 e. The van der Waals surface area contributed by atoms with Crippen molar-refractivity contribution in [2.45, 2.75) is 122 Å². The van der Waals surface area contributed by atoms with Crippen LogP contribution in [-0.2, 0) is 4.79 Å². The third-order valence-electron chi connectivity index (χ3n) is 8.03. The molecule has 0 amide bonds. The monoisotopic (exact) mass is 426 g/mol. The highest BCUT2D eigenvalue weighted by molar-refractivity contribution is 5.75. The fourth-order valence-corrected chi connectivity index (χ4v) is 5.84. The van der Waals surface area contributed by atoms with Crippen LogP contribution >= 0.6 is 0 Å². The fourth-order valence-electron chi connectivity index (χ4n) is 5.84. The van der Waals surface area contributed by atoms with Crippen LogP contribution in [0, 0.1) is 17.8 Å². The number of carbonyl (C=O) groups excluding carboxylic acids is 1. The van der Waals surface area contributed by atoms with Gasteiger partial charge in [0.2, 0.25) is 0 Å². The van der Waals surface area contributed by atoms with Crippen LogP contribution in [0.5, 0.6) is 5.75 Å². The number of benzene rings is 1. The largest absolute Gasteiger partial charge is 0.426 e. The molecule has 2 aliphatic carbocycles. The Balaban J connectivity index is 1.38. The van der Waals surface area contributed by atoms with Gasteiger partial charge in [-0.25, -0.2) is 0 Å². The van der Waals surface area contributed by atoms with E-state index in [1.807, 2.05) is 12.1 Å². The Kier molecular flexibility index (Phi) is 10.4. The molecular formula is C29H46O2.